The lowest BCUT2D eigenvalue weighted by atomic mass is 10.3. The van der Waals surface area contributed by atoms with Gasteiger partial charge in [-0.2, -0.15) is 0 Å². The van der Waals surface area contributed by atoms with E-state index < -0.39 is 12.0 Å². The van der Waals surface area contributed by atoms with E-state index in [9.17, 15) is 9.59 Å². The first-order valence-electron chi connectivity index (χ1n) is 5.51. The Morgan fingerprint density at radius 2 is 2.16 bits per heavy atom. The zero-order chi connectivity index (χ0) is 14.4. The molecule has 2 amide bonds. The third kappa shape index (κ3) is 4.67. The van der Waals surface area contributed by atoms with E-state index in [0.29, 0.717) is 16.5 Å². The van der Waals surface area contributed by atoms with Crippen molar-refractivity contribution in [1.82, 2.24) is 4.90 Å². The number of rotatable bonds is 5. The fourth-order valence-corrected chi connectivity index (χ4v) is 1.47. The lowest BCUT2D eigenvalue weighted by molar-refractivity contribution is -0.137. The number of methoxy groups -OCH3 is 1. The molecule has 0 bridgehead atoms. The second-order valence-corrected chi connectivity index (χ2v) is 4.25. The van der Waals surface area contributed by atoms with Crippen LogP contribution < -0.4 is 10.1 Å². The van der Waals surface area contributed by atoms with Gasteiger partial charge in [0, 0.05) is 19.7 Å². The molecule has 0 fully saturated rings. The number of halogens is 1. The Kier molecular flexibility index (Phi) is 5.44. The molecule has 0 saturated heterocycles. The number of urea groups is 1. The average Bonchev–Trinajstić information content (AvgIpc) is 2.38. The van der Waals surface area contributed by atoms with Crippen molar-refractivity contribution in [1.29, 1.82) is 0 Å². The molecule has 19 heavy (non-hydrogen) atoms. The Balaban J connectivity index is 2.68. The number of amides is 2. The van der Waals surface area contributed by atoms with Crippen molar-refractivity contribution in [3.05, 3.63) is 23.2 Å². The first-order valence-corrected chi connectivity index (χ1v) is 5.89. The number of carbonyl (C=O) groups is 2. The highest BCUT2D eigenvalue weighted by molar-refractivity contribution is 6.33. The van der Waals surface area contributed by atoms with Crippen LogP contribution in [0.25, 0.3) is 0 Å². The first kappa shape index (κ1) is 15.1. The van der Waals surface area contributed by atoms with Gasteiger partial charge in [-0.1, -0.05) is 11.6 Å². The minimum Gasteiger partial charge on any atom is -0.497 e. The van der Waals surface area contributed by atoms with Crippen LogP contribution in [0.15, 0.2) is 18.2 Å². The van der Waals surface area contributed by atoms with Crippen molar-refractivity contribution >= 4 is 29.3 Å². The van der Waals surface area contributed by atoms with Gasteiger partial charge in [-0.25, -0.2) is 4.79 Å². The topological polar surface area (TPSA) is 78.9 Å². The molecular weight excluding hydrogens is 272 g/mol. The van der Waals surface area contributed by atoms with Gasteiger partial charge in [-0.3, -0.25) is 4.79 Å². The molecule has 0 aliphatic heterocycles. The summed E-state index contributed by atoms with van der Waals surface area (Å²) >= 11 is 5.95. The molecule has 2 N–H and O–H groups in total. The highest BCUT2D eigenvalue weighted by Crippen LogP contribution is 2.26. The molecule has 0 aromatic heterocycles. The van der Waals surface area contributed by atoms with Gasteiger partial charge >= 0.3 is 12.0 Å². The summed E-state index contributed by atoms with van der Waals surface area (Å²) in [5, 5.41) is 11.5. The molecule has 6 nitrogen and oxygen atoms in total. The van der Waals surface area contributed by atoms with Gasteiger partial charge in [0.2, 0.25) is 0 Å². The minimum absolute atomic E-state index is 0.114. The van der Waals surface area contributed by atoms with Crippen molar-refractivity contribution in [3.63, 3.8) is 0 Å². The quantitative estimate of drug-likeness (QED) is 0.870. The summed E-state index contributed by atoms with van der Waals surface area (Å²) in [5.41, 5.74) is 0.410. The van der Waals surface area contributed by atoms with E-state index in [1.165, 1.54) is 19.1 Å². The summed E-state index contributed by atoms with van der Waals surface area (Å²) in [6.07, 6.45) is -0.115. The second-order valence-electron chi connectivity index (χ2n) is 3.84. The number of nitrogens with one attached hydrogen (secondary N) is 1. The van der Waals surface area contributed by atoms with Gasteiger partial charge in [-0.05, 0) is 12.1 Å². The molecule has 1 rings (SSSR count). The van der Waals surface area contributed by atoms with Crippen LogP contribution in [0.2, 0.25) is 5.02 Å². The Morgan fingerprint density at radius 3 is 2.74 bits per heavy atom. The Hall–Kier alpha value is -1.95. The summed E-state index contributed by atoms with van der Waals surface area (Å²) in [6, 6.07) is 4.43. The fraction of sp³-hybridized carbons (Fsp3) is 0.333. The molecule has 0 aliphatic carbocycles. The fourth-order valence-electron chi connectivity index (χ4n) is 1.30. The van der Waals surface area contributed by atoms with Crippen LogP contribution in [-0.2, 0) is 4.79 Å². The number of carboxylic acid groups (broad SMARTS) is 1. The number of hydrogen-bond donors (Lipinski definition) is 2. The summed E-state index contributed by atoms with van der Waals surface area (Å²) in [4.78, 5) is 23.5. The maximum atomic E-state index is 11.8. The van der Waals surface area contributed by atoms with Gasteiger partial charge < -0.3 is 20.1 Å². The van der Waals surface area contributed by atoms with Crippen LogP contribution in [0, 0.1) is 0 Å². The van der Waals surface area contributed by atoms with E-state index in [-0.39, 0.29) is 13.0 Å². The SMILES string of the molecule is COc1ccc(Cl)c(NC(=O)N(C)CCC(=O)O)c1. The van der Waals surface area contributed by atoms with Gasteiger partial charge in [0.05, 0.1) is 24.2 Å². The number of carboxylic acids is 1. The molecule has 0 heterocycles. The van der Waals surface area contributed by atoms with Gasteiger partial charge in [0.1, 0.15) is 5.75 Å². The Morgan fingerprint density at radius 1 is 1.47 bits per heavy atom. The number of carbonyl (C=O) groups excluding carboxylic acids is 1. The highest BCUT2D eigenvalue weighted by Gasteiger charge is 2.12. The number of hydrogen-bond acceptors (Lipinski definition) is 3. The molecule has 1 aromatic carbocycles. The number of benzene rings is 1. The van der Waals surface area contributed by atoms with Crippen molar-refractivity contribution in [2.75, 3.05) is 26.0 Å². The average molecular weight is 287 g/mol. The van der Waals surface area contributed by atoms with Crippen molar-refractivity contribution in [2.45, 2.75) is 6.42 Å². The van der Waals surface area contributed by atoms with Crippen molar-refractivity contribution in [2.24, 2.45) is 0 Å². The predicted molar refractivity (Wildman–Crippen MR) is 71.9 cm³/mol. The van der Waals surface area contributed by atoms with Crippen molar-refractivity contribution < 1.29 is 19.4 Å². The standard InChI is InChI=1S/C12H15ClN2O4/c1-15(6-5-11(16)17)12(18)14-10-7-8(19-2)3-4-9(10)13/h3-4,7H,5-6H2,1-2H3,(H,14,18)(H,16,17). The van der Waals surface area contributed by atoms with E-state index in [1.54, 1.807) is 18.2 Å². The molecule has 0 saturated carbocycles. The van der Waals surface area contributed by atoms with Crippen LogP contribution in [0.4, 0.5) is 10.5 Å². The molecular formula is C12H15ClN2O4. The normalized spacial score (nSPS) is 9.84. The maximum Gasteiger partial charge on any atom is 0.321 e. The zero-order valence-electron chi connectivity index (χ0n) is 10.6. The monoisotopic (exact) mass is 286 g/mol. The lowest BCUT2D eigenvalue weighted by Crippen LogP contribution is -2.33. The number of anilines is 1. The van der Waals surface area contributed by atoms with E-state index in [1.807, 2.05) is 0 Å². The largest absolute Gasteiger partial charge is 0.497 e. The van der Waals surface area contributed by atoms with Crippen LogP contribution in [-0.4, -0.2) is 42.7 Å². The van der Waals surface area contributed by atoms with Crippen LogP contribution in [0.3, 0.4) is 0 Å². The van der Waals surface area contributed by atoms with Crippen molar-refractivity contribution in [3.8, 4) is 5.75 Å². The molecule has 0 unspecified atom stereocenters. The Labute approximate surface area is 115 Å². The highest BCUT2D eigenvalue weighted by atomic mass is 35.5. The smallest absolute Gasteiger partial charge is 0.321 e. The third-order valence-electron chi connectivity index (χ3n) is 2.42. The van der Waals surface area contributed by atoms with E-state index in [0.717, 1.165) is 0 Å². The molecule has 0 aliphatic rings. The number of ether oxygens (including phenoxy) is 1. The summed E-state index contributed by atoms with van der Waals surface area (Å²) in [5.74, 6) is -0.396. The number of aliphatic carboxylic acids is 1. The van der Waals surface area contributed by atoms with Gasteiger partial charge in [-0.15, -0.1) is 0 Å². The van der Waals surface area contributed by atoms with Crippen LogP contribution in [0.5, 0.6) is 5.75 Å². The molecule has 0 radical (unpaired) electrons. The van der Waals surface area contributed by atoms with Gasteiger partial charge in [0.25, 0.3) is 0 Å². The van der Waals surface area contributed by atoms with E-state index >= 15 is 0 Å². The molecule has 0 atom stereocenters. The summed E-state index contributed by atoms with van der Waals surface area (Å²) < 4.78 is 5.03. The first-order chi connectivity index (χ1) is 8.93. The molecule has 7 heteroatoms. The molecule has 0 spiro atoms. The minimum atomic E-state index is -0.959. The lowest BCUT2D eigenvalue weighted by Gasteiger charge is -2.17. The molecule has 104 valence electrons. The number of nitrogens with zero attached hydrogens (tertiary/aromatic N) is 1. The van der Waals surface area contributed by atoms with Crippen LogP contribution in [0.1, 0.15) is 6.42 Å². The summed E-state index contributed by atoms with van der Waals surface area (Å²) in [6.45, 7) is 0.114. The van der Waals surface area contributed by atoms with E-state index in [4.69, 9.17) is 21.4 Å². The maximum absolute atomic E-state index is 11.8. The molecule has 1 aromatic rings. The summed E-state index contributed by atoms with van der Waals surface area (Å²) in [7, 11) is 3.01. The second kappa shape index (κ2) is 6.84. The third-order valence-corrected chi connectivity index (χ3v) is 2.75. The van der Waals surface area contributed by atoms with Crippen LogP contribution >= 0.6 is 11.6 Å². The zero-order valence-corrected chi connectivity index (χ0v) is 11.4. The Bertz CT molecular complexity index is 479. The predicted octanol–water partition coefficient (Wildman–Crippen LogP) is 2.29. The van der Waals surface area contributed by atoms with E-state index in [2.05, 4.69) is 5.32 Å². The van der Waals surface area contributed by atoms with Gasteiger partial charge in [0.15, 0.2) is 0 Å².